The van der Waals surface area contributed by atoms with Crippen molar-refractivity contribution in [2.45, 2.75) is 0 Å². The van der Waals surface area contributed by atoms with E-state index in [0.29, 0.717) is 12.1 Å². The van der Waals surface area contributed by atoms with Gasteiger partial charge in [0.05, 0.1) is 5.56 Å². The Balaban J connectivity index is 2.62. The van der Waals surface area contributed by atoms with E-state index >= 15 is 0 Å². The van der Waals surface area contributed by atoms with Crippen molar-refractivity contribution in [3.63, 3.8) is 0 Å². The Kier molecular flexibility index (Phi) is 3.94. The van der Waals surface area contributed by atoms with Crippen LogP contribution in [0.15, 0.2) is 24.3 Å². The molecule has 0 spiro atoms. The lowest BCUT2D eigenvalue weighted by atomic mass is 10.2. The van der Waals surface area contributed by atoms with Gasteiger partial charge in [-0.25, -0.2) is 4.79 Å². The zero-order valence-corrected chi connectivity index (χ0v) is 8.12. The maximum absolute atomic E-state index is 11.3. The Labute approximate surface area is 83.1 Å². The van der Waals surface area contributed by atoms with Crippen molar-refractivity contribution < 1.29 is 9.53 Å². The molecular weight excluding hydrogens is 180 g/mol. The molecule has 0 atom stereocenters. The van der Waals surface area contributed by atoms with Crippen LogP contribution < -0.4 is 11.1 Å². The van der Waals surface area contributed by atoms with Crippen LogP contribution in [-0.4, -0.2) is 26.2 Å². The molecule has 0 aliphatic rings. The van der Waals surface area contributed by atoms with E-state index in [1.807, 2.05) is 19.2 Å². The first-order valence-electron chi connectivity index (χ1n) is 4.43. The van der Waals surface area contributed by atoms with Gasteiger partial charge in [0.1, 0.15) is 6.61 Å². The molecule has 0 saturated heterocycles. The maximum atomic E-state index is 11.3. The van der Waals surface area contributed by atoms with Crippen LogP contribution in [0.1, 0.15) is 10.4 Å². The van der Waals surface area contributed by atoms with Gasteiger partial charge in [-0.05, 0) is 24.3 Å². The molecule has 0 unspecified atom stereocenters. The van der Waals surface area contributed by atoms with Crippen LogP contribution in [0.4, 0.5) is 5.69 Å². The predicted octanol–water partition coefficient (Wildman–Crippen LogP) is 0.844. The Morgan fingerprint density at radius 3 is 2.57 bits per heavy atom. The summed E-state index contributed by atoms with van der Waals surface area (Å²) in [6.07, 6.45) is 0. The maximum Gasteiger partial charge on any atom is 0.338 e. The number of ether oxygens (including phenoxy) is 1. The number of nitrogens with two attached hydrogens (primary N) is 1. The van der Waals surface area contributed by atoms with Crippen molar-refractivity contribution >= 4 is 11.7 Å². The summed E-state index contributed by atoms with van der Waals surface area (Å²) < 4.78 is 4.87. The van der Waals surface area contributed by atoms with Crippen molar-refractivity contribution in [2.75, 3.05) is 25.5 Å². The van der Waals surface area contributed by atoms with E-state index in [1.54, 1.807) is 12.1 Å². The first kappa shape index (κ1) is 10.5. The predicted molar refractivity (Wildman–Crippen MR) is 55.3 cm³/mol. The SMILES string of the molecule is CNc1ccc(C(=O)OCCN)cc1. The number of rotatable bonds is 4. The molecule has 0 radical (unpaired) electrons. The molecule has 0 saturated carbocycles. The van der Waals surface area contributed by atoms with E-state index in [9.17, 15) is 4.79 Å². The fourth-order valence-electron chi connectivity index (χ4n) is 1.01. The molecule has 76 valence electrons. The van der Waals surface area contributed by atoms with Crippen LogP contribution in [-0.2, 0) is 4.74 Å². The normalized spacial score (nSPS) is 9.57. The Hall–Kier alpha value is -1.55. The number of carbonyl (C=O) groups is 1. The lowest BCUT2D eigenvalue weighted by Gasteiger charge is -2.04. The highest BCUT2D eigenvalue weighted by Crippen LogP contribution is 2.09. The average Bonchev–Trinajstić information content (AvgIpc) is 2.26. The highest BCUT2D eigenvalue weighted by atomic mass is 16.5. The molecule has 0 amide bonds. The minimum Gasteiger partial charge on any atom is -0.461 e. The Bertz CT molecular complexity index is 295. The molecule has 0 aliphatic heterocycles. The van der Waals surface area contributed by atoms with Crippen LogP contribution in [0, 0.1) is 0 Å². The summed E-state index contributed by atoms with van der Waals surface area (Å²) in [5.41, 5.74) is 6.71. The smallest absolute Gasteiger partial charge is 0.338 e. The summed E-state index contributed by atoms with van der Waals surface area (Å²) in [4.78, 5) is 11.3. The van der Waals surface area contributed by atoms with Gasteiger partial charge in [-0.3, -0.25) is 0 Å². The van der Waals surface area contributed by atoms with E-state index < -0.39 is 0 Å². The van der Waals surface area contributed by atoms with Crippen LogP contribution in [0.3, 0.4) is 0 Å². The molecule has 4 nitrogen and oxygen atoms in total. The van der Waals surface area contributed by atoms with Gasteiger partial charge in [-0.2, -0.15) is 0 Å². The molecular formula is C10H14N2O2. The number of nitrogens with one attached hydrogen (secondary N) is 1. The van der Waals surface area contributed by atoms with E-state index in [2.05, 4.69) is 5.32 Å². The molecule has 1 aromatic carbocycles. The summed E-state index contributed by atoms with van der Waals surface area (Å²) in [5, 5.41) is 2.96. The third-order valence-electron chi connectivity index (χ3n) is 1.76. The number of benzene rings is 1. The van der Waals surface area contributed by atoms with E-state index in [-0.39, 0.29) is 12.6 Å². The van der Waals surface area contributed by atoms with Crippen molar-refractivity contribution in [2.24, 2.45) is 5.73 Å². The van der Waals surface area contributed by atoms with Crippen LogP contribution >= 0.6 is 0 Å². The quantitative estimate of drug-likeness (QED) is 0.697. The fourth-order valence-corrected chi connectivity index (χ4v) is 1.01. The van der Waals surface area contributed by atoms with Gasteiger partial charge in [-0.15, -0.1) is 0 Å². The van der Waals surface area contributed by atoms with E-state index in [1.165, 1.54) is 0 Å². The molecule has 0 aromatic heterocycles. The number of hydrogen-bond acceptors (Lipinski definition) is 4. The van der Waals surface area contributed by atoms with Gasteiger partial charge in [0.2, 0.25) is 0 Å². The molecule has 0 heterocycles. The fraction of sp³-hybridized carbons (Fsp3) is 0.300. The molecule has 4 heteroatoms. The lowest BCUT2D eigenvalue weighted by molar-refractivity contribution is 0.0517. The van der Waals surface area contributed by atoms with Crippen molar-refractivity contribution in [3.05, 3.63) is 29.8 Å². The van der Waals surface area contributed by atoms with Gasteiger partial charge < -0.3 is 15.8 Å². The number of anilines is 1. The minimum absolute atomic E-state index is 0.257. The highest BCUT2D eigenvalue weighted by Gasteiger charge is 2.05. The molecule has 14 heavy (non-hydrogen) atoms. The van der Waals surface area contributed by atoms with Crippen LogP contribution in [0.2, 0.25) is 0 Å². The largest absolute Gasteiger partial charge is 0.461 e. The number of hydrogen-bond donors (Lipinski definition) is 2. The third-order valence-corrected chi connectivity index (χ3v) is 1.76. The standard InChI is InChI=1S/C10H14N2O2/c1-12-9-4-2-8(3-5-9)10(13)14-7-6-11/h2-5,12H,6-7,11H2,1H3. The lowest BCUT2D eigenvalue weighted by Crippen LogP contribution is -2.13. The highest BCUT2D eigenvalue weighted by molar-refractivity contribution is 5.89. The monoisotopic (exact) mass is 194 g/mol. The van der Waals surface area contributed by atoms with Gasteiger partial charge in [-0.1, -0.05) is 0 Å². The van der Waals surface area contributed by atoms with Crippen molar-refractivity contribution in [3.8, 4) is 0 Å². The van der Waals surface area contributed by atoms with Gasteiger partial charge >= 0.3 is 5.97 Å². The van der Waals surface area contributed by atoms with Crippen LogP contribution in [0.5, 0.6) is 0 Å². The molecule has 0 bridgehead atoms. The first-order valence-corrected chi connectivity index (χ1v) is 4.43. The van der Waals surface area contributed by atoms with Gasteiger partial charge in [0.15, 0.2) is 0 Å². The zero-order chi connectivity index (χ0) is 10.4. The summed E-state index contributed by atoms with van der Waals surface area (Å²) in [5.74, 6) is -0.335. The molecule has 1 rings (SSSR count). The second-order valence-electron chi connectivity index (χ2n) is 2.75. The van der Waals surface area contributed by atoms with Crippen molar-refractivity contribution in [1.82, 2.24) is 0 Å². The van der Waals surface area contributed by atoms with E-state index in [4.69, 9.17) is 10.5 Å². The Morgan fingerprint density at radius 2 is 2.07 bits per heavy atom. The third kappa shape index (κ3) is 2.74. The summed E-state index contributed by atoms with van der Waals surface area (Å²) in [6.45, 7) is 0.604. The molecule has 1 aromatic rings. The second-order valence-corrected chi connectivity index (χ2v) is 2.75. The second kappa shape index (κ2) is 5.24. The summed E-state index contributed by atoms with van der Waals surface area (Å²) in [7, 11) is 1.82. The molecule has 0 aliphatic carbocycles. The minimum atomic E-state index is -0.335. The zero-order valence-electron chi connectivity index (χ0n) is 8.12. The van der Waals surface area contributed by atoms with Gasteiger partial charge in [0.25, 0.3) is 0 Å². The van der Waals surface area contributed by atoms with Gasteiger partial charge in [0, 0.05) is 19.3 Å². The molecule has 0 fully saturated rings. The van der Waals surface area contributed by atoms with Crippen molar-refractivity contribution in [1.29, 1.82) is 0 Å². The Morgan fingerprint density at radius 1 is 1.43 bits per heavy atom. The first-order chi connectivity index (χ1) is 6.77. The van der Waals surface area contributed by atoms with Crippen LogP contribution in [0.25, 0.3) is 0 Å². The molecule has 3 N–H and O–H groups in total. The van der Waals surface area contributed by atoms with E-state index in [0.717, 1.165) is 5.69 Å². The summed E-state index contributed by atoms with van der Waals surface area (Å²) in [6, 6.07) is 7.06. The average molecular weight is 194 g/mol. The summed E-state index contributed by atoms with van der Waals surface area (Å²) >= 11 is 0. The number of carbonyl (C=O) groups excluding carboxylic acids is 1. The number of esters is 1. The topological polar surface area (TPSA) is 64.3 Å².